The van der Waals surface area contributed by atoms with Crippen LogP contribution in [0.1, 0.15) is 64.2 Å². The van der Waals surface area contributed by atoms with E-state index in [9.17, 15) is 4.79 Å². The maximum absolute atomic E-state index is 12.8. The van der Waals surface area contributed by atoms with Gasteiger partial charge in [-0.15, -0.1) is 12.4 Å². The molecule has 0 aromatic heterocycles. The average molecular weight is 386 g/mol. The normalized spacial score (nSPS) is 34.5. The standard InChI is InChI=1S/C20H35N3O2.ClH/c24-19(18-14-16-6-2-3-7-17(16)22-18)21-15-20(8-4-1-5-9-20)23-10-12-25-13-11-23;/h16-18,22H,1-15H2,(H,21,24);1H. The molecule has 2 heterocycles. The van der Waals surface area contributed by atoms with Gasteiger partial charge < -0.3 is 15.4 Å². The Hall–Kier alpha value is -0.360. The molecule has 3 unspecified atom stereocenters. The minimum Gasteiger partial charge on any atom is -0.379 e. The van der Waals surface area contributed by atoms with Crippen LogP contribution in [0.5, 0.6) is 0 Å². The lowest BCUT2D eigenvalue weighted by Gasteiger charge is -2.48. The van der Waals surface area contributed by atoms with Crippen LogP contribution in [0.3, 0.4) is 0 Å². The largest absolute Gasteiger partial charge is 0.379 e. The molecule has 2 saturated carbocycles. The number of amides is 1. The van der Waals surface area contributed by atoms with Crippen LogP contribution in [0.15, 0.2) is 0 Å². The molecule has 0 aromatic rings. The topological polar surface area (TPSA) is 53.6 Å². The Bertz CT molecular complexity index is 450. The van der Waals surface area contributed by atoms with Gasteiger partial charge in [-0.05, 0) is 38.0 Å². The van der Waals surface area contributed by atoms with Crippen molar-refractivity contribution >= 4 is 18.3 Å². The van der Waals surface area contributed by atoms with E-state index in [1.807, 2.05) is 0 Å². The summed E-state index contributed by atoms with van der Waals surface area (Å²) < 4.78 is 5.56. The number of morpholine rings is 1. The van der Waals surface area contributed by atoms with Crippen molar-refractivity contribution in [2.45, 2.75) is 81.8 Å². The zero-order valence-corrected chi connectivity index (χ0v) is 16.8. The number of nitrogens with one attached hydrogen (secondary N) is 2. The zero-order valence-electron chi connectivity index (χ0n) is 16.0. The van der Waals surface area contributed by atoms with E-state index < -0.39 is 0 Å². The highest BCUT2D eigenvalue weighted by Gasteiger charge is 2.41. The highest BCUT2D eigenvalue weighted by molar-refractivity contribution is 5.85. The van der Waals surface area contributed by atoms with Gasteiger partial charge in [0.1, 0.15) is 0 Å². The SMILES string of the molecule is Cl.O=C(NCC1(N2CCOCC2)CCCCC1)C1CC2CCCCC2N1. The van der Waals surface area contributed by atoms with Gasteiger partial charge >= 0.3 is 0 Å². The van der Waals surface area contributed by atoms with Crippen molar-refractivity contribution in [1.29, 1.82) is 0 Å². The maximum atomic E-state index is 12.8. The second kappa shape index (κ2) is 9.22. The summed E-state index contributed by atoms with van der Waals surface area (Å²) in [6.45, 7) is 4.52. The first-order valence-electron chi connectivity index (χ1n) is 10.6. The number of rotatable bonds is 4. The maximum Gasteiger partial charge on any atom is 0.237 e. The highest BCUT2D eigenvalue weighted by atomic mass is 35.5. The summed E-state index contributed by atoms with van der Waals surface area (Å²) in [7, 11) is 0. The quantitative estimate of drug-likeness (QED) is 0.780. The molecule has 2 saturated heterocycles. The molecule has 0 bridgehead atoms. The van der Waals surface area contributed by atoms with Gasteiger partial charge in [0.15, 0.2) is 0 Å². The lowest BCUT2D eigenvalue weighted by molar-refractivity contribution is -0.124. The van der Waals surface area contributed by atoms with Gasteiger partial charge in [-0.1, -0.05) is 32.1 Å². The minimum absolute atomic E-state index is 0. The Morgan fingerprint density at radius 3 is 2.54 bits per heavy atom. The number of hydrogen-bond donors (Lipinski definition) is 2. The summed E-state index contributed by atoms with van der Waals surface area (Å²) in [4.78, 5) is 15.4. The lowest BCUT2D eigenvalue weighted by Crippen LogP contribution is -2.60. The molecular formula is C20H36ClN3O2. The van der Waals surface area contributed by atoms with E-state index >= 15 is 0 Å². The fourth-order valence-electron chi connectivity index (χ4n) is 5.75. The molecule has 2 aliphatic carbocycles. The second-order valence-corrected chi connectivity index (χ2v) is 8.71. The molecule has 2 N–H and O–H groups in total. The number of carbonyl (C=O) groups excluding carboxylic acids is 1. The van der Waals surface area contributed by atoms with Crippen LogP contribution in [0.2, 0.25) is 0 Å². The van der Waals surface area contributed by atoms with Crippen LogP contribution in [-0.4, -0.2) is 61.3 Å². The molecule has 26 heavy (non-hydrogen) atoms. The van der Waals surface area contributed by atoms with Gasteiger partial charge in [-0.25, -0.2) is 0 Å². The first kappa shape index (κ1) is 20.4. The third-order valence-corrected chi connectivity index (χ3v) is 7.24. The summed E-state index contributed by atoms with van der Waals surface area (Å²) in [5, 5.41) is 6.99. The van der Waals surface area contributed by atoms with Crippen LogP contribution in [0, 0.1) is 5.92 Å². The Kier molecular flexibility index (Phi) is 7.23. The fourth-order valence-corrected chi connectivity index (χ4v) is 5.75. The second-order valence-electron chi connectivity index (χ2n) is 8.71. The molecular weight excluding hydrogens is 350 g/mol. The zero-order chi connectivity index (χ0) is 17.1. The Balaban J connectivity index is 0.00000196. The van der Waals surface area contributed by atoms with Gasteiger partial charge in [0.05, 0.1) is 19.3 Å². The number of fused-ring (bicyclic) bond motifs is 1. The minimum atomic E-state index is 0. The first-order valence-corrected chi connectivity index (χ1v) is 10.6. The van der Waals surface area contributed by atoms with Crippen molar-refractivity contribution in [2.75, 3.05) is 32.8 Å². The third kappa shape index (κ3) is 4.37. The van der Waals surface area contributed by atoms with E-state index in [0.717, 1.165) is 45.2 Å². The van der Waals surface area contributed by atoms with Crippen molar-refractivity contribution in [1.82, 2.24) is 15.5 Å². The Labute approximate surface area is 164 Å². The van der Waals surface area contributed by atoms with Gasteiger partial charge in [0, 0.05) is 31.2 Å². The van der Waals surface area contributed by atoms with E-state index in [1.54, 1.807) is 0 Å². The molecule has 6 heteroatoms. The van der Waals surface area contributed by atoms with E-state index in [2.05, 4.69) is 15.5 Å². The molecule has 4 fully saturated rings. The van der Waals surface area contributed by atoms with E-state index in [-0.39, 0.29) is 29.9 Å². The fraction of sp³-hybridized carbons (Fsp3) is 0.950. The van der Waals surface area contributed by atoms with Gasteiger partial charge in [0.25, 0.3) is 0 Å². The summed E-state index contributed by atoms with van der Waals surface area (Å²) in [5.74, 6) is 0.972. The third-order valence-electron chi connectivity index (χ3n) is 7.24. The monoisotopic (exact) mass is 385 g/mol. The van der Waals surface area contributed by atoms with Gasteiger partial charge in [-0.3, -0.25) is 9.69 Å². The van der Waals surface area contributed by atoms with E-state index in [0.29, 0.717) is 6.04 Å². The van der Waals surface area contributed by atoms with Crippen molar-refractivity contribution in [3.8, 4) is 0 Å². The number of halogens is 1. The number of nitrogens with zero attached hydrogens (tertiary/aromatic N) is 1. The summed E-state index contributed by atoms with van der Waals surface area (Å²) in [6, 6.07) is 0.630. The van der Waals surface area contributed by atoms with Crippen LogP contribution in [0.25, 0.3) is 0 Å². The van der Waals surface area contributed by atoms with Crippen molar-refractivity contribution in [2.24, 2.45) is 5.92 Å². The van der Waals surface area contributed by atoms with E-state index in [1.165, 1.54) is 57.8 Å². The number of carbonyl (C=O) groups is 1. The predicted octanol–water partition coefficient (Wildman–Crippen LogP) is 2.48. The van der Waals surface area contributed by atoms with Crippen LogP contribution >= 0.6 is 12.4 Å². The molecule has 4 rings (SSSR count). The van der Waals surface area contributed by atoms with Crippen molar-refractivity contribution < 1.29 is 9.53 Å². The molecule has 150 valence electrons. The summed E-state index contributed by atoms with van der Waals surface area (Å²) >= 11 is 0. The molecule has 0 radical (unpaired) electrons. The summed E-state index contributed by atoms with van der Waals surface area (Å²) in [6.07, 6.45) is 12.6. The molecule has 0 aromatic carbocycles. The smallest absolute Gasteiger partial charge is 0.237 e. The van der Waals surface area contributed by atoms with Crippen LogP contribution < -0.4 is 10.6 Å². The van der Waals surface area contributed by atoms with Gasteiger partial charge in [-0.2, -0.15) is 0 Å². The molecule has 5 nitrogen and oxygen atoms in total. The van der Waals surface area contributed by atoms with E-state index in [4.69, 9.17) is 4.74 Å². The molecule has 0 spiro atoms. The average Bonchev–Trinajstić information content (AvgIpc) is 3.12. The Morgan fingerprint density at radius 1 is 1.08 bits per heavy atom. The molecule has 1 amide bonds. The molecule has 4 aliphatic rings. The highest BCUT2D eigenvalue weighted by Crippen LogP contribution is 2.35. The van der Waals surface area contributed by atoms with Crippen LogP contribution in [0.4, 0.5) is 0 Å². The van der Waals surface area contributed by atoms with Crippen LogP contribution in [-0.2, 0) is 9.53 Å². The number of ether oxygens (including phenoxy) is 1. The predicted molar refractivity (Wildman–Crippen MR) is 106 cm³/mol. The van der Waals surface area contributed by atoms with Crippen molar-refractivity contribution in [3.63, 3.8) is 0 Å². The molecule has 3 atom stereocenters. The first-order chi connectivity index (χ1) is 12.3. The lowest BCUT2D eigenvalue weighted by atomic mass is 9.79. The van der Waals surface area contributed by atoms with Gasteiger partial charge in [0.2, 0.25) is 5.91 Å². The Morgan fingerprint density at radius 2 is 1.81 bits per heavy atom. The number of hydrogen-bond acceptors (Lipinski definition) is 4. The van der Waals surface area contributed by atoms with Crippen molar-refractivity contribution in [3.05, 3.63) is 0 Å². The summed E-state index contributed by atoms with van der Waals surface area (Å²) in [5.41, 5.74) is 0.170. The molecule has 2 aliphatic heterocycles.